The van der Waals surface area contributed by atoms with Gasteiger partial charge in [0.05, 0.1) is 11.4 Å². The highest BCUT2D eigenvalue weighted by atomic mass is 16.6. The summed E-state index contributed by atoms with van der Waals surface area (Å²) in [7, 11) is 0. The number of para-hydroxylation sites is 1. The summed E-state index contributed by atoms with van der Waals surface area (Å²) in [6.07, 6.45) is 2.72. The first-order valence-corrected chi connectivity index (χ1v) is 7.65. The van der Waals surface area contributed by atoms with Crippen LogP contribution in [0.4, 0.5) is 5.69 Å². The number of nitrogens with zero attached hydrogens (tertiary/aromatic N) is 2. The predicted octanol–water partition coefficient (Wildman–Crippen LogP) is 2.64. The van der Waals surface area contributed by atoms with Gasteiger partial charge in [0, 0.05) is 0 Å². The van der Waals surface area contributed by atoms with Gasteiger partial charge in [-0.05, 0) is 23.8 Å². The number of carbonyl (C=O) groups is 2. The Bertz CT molecular complexity index is 843. The summed E-state index contributed by atoms with van der Waals surface area (Å²) >= 11 is 0. The third-order valence-electron chi connectivity index (χ3n) is 4.10. The number of amides is 2. The molecular weight excluding hydrogens is 304 g/mol. The zero-order chi connectivity index (χ0) is 16.5. The van der Waals surface area contributed by atoms with Gasteiger partial charge in [-0.2, -0.15) is 0 Å². The smallest absolute Gasteiger partial charge is 0.278 e. The molecule has 2 aromatic carbocycles. The molecule has 1 saturated heterocycles. The number of hydrogen-bond donors (Lipinski definition) is 0. The first-order chi connectivity index (χ1) is 11.8. The molecule has 2 atom stereocenters. The predicted molar refractivity (Wildman–Crippen MR) is 90.2 cm³/mol. The summed E-state index contributed by atoms with van der Waals surface area (Å²) in [6, 6.07) is 18.5. The molecule has 4 rings (SSSR count). The second-order valence-electron chi connectivity index (χ2n) is 5.61. The number of oxime groups is 1. The van der Waals surface area contributed by atoms with Gasteiger partial charge >= 0.3 is 0 Å². The van der Waals surface area contributed by atoms with Crippen molar-refractivity contribution in [2.75, 3.05) is 4.90 Å². The van der Waals surface area contributed by atoms with Gasteiger partial charge in [0.1, 0.15) is 5.92 Å². The van der Waals surface area contributed by atoms with Crippen LogP contribution in [0, 0.1) is 5.92 Å². The van der Waals surface area contributed by atoms with Crippen molar-refractivity contribution in [1.29, 1.82) is 0 Å². The minimum atomic E-state index is -0.867. The highest BCUT2D eigenvalue weighted by Crippen LogP contribution is 2.33. The maximum Gasteiger partial charge on any atom is 0.278 e. The van der Waals surface area contributed by atoms with Crippen molar-refractivity contribution >= 4 is 29.3 Å². The SMILES string of the molecule is O=C1C2ON=C(C=Cc3ccccc3)C2C(=O)N1c1ccccc1. The van der Waals surface area contributed by atoms with Crippen molar-refractivity contribution in [3.8, 4) is 0 Å². The van der Waals surface area contributed by atoms with Crippen molar-refractivity contribution in [1.82, 2.24) is 0 Å². The number of imide groups is 1. The van der Waals surface area contributed by atoms with Crippen molar-refractivity contribution in [3.63, 3.8) is 0 Å². The molecule has 0 N–H and O–H groups in total. The Morgan fingerprint density at radius 2 is 1.54 bits per heavy atom. The van der Waals surface area contributed by atoms with Crippen LogP contribution < -0.4 is 4.90 Å². The van der Waals surface area contributed by atoms with Gasteiger partial charge in [0.25, 0.3) is 5.91 Å². The molecule has 2 amide bonds. The standard InChI is InChI=1S/C19H14N2O3/c22-18-16-15(12-11-13-7-3-1-4-8-13)20-24-17(16)19(23)21(18)14-9-5-2-6-10-14/h1-12,16-17H. The number of benzene rings is 2. The van der Waals surface area contributed by atoms with Crippen LogP contribution in [0.15, 0.2) is 71.9 Å². The molecule has 0 bridgehead atoms. The molecule has 5 heteroatoms. The Morgan fingerprint density at radius 3 is 2.25 bits per heavy atom. The van der Waals surface area contributed by atoms with E-state index >= 15 is 0 Å². The molecule has 24 heavy (non-hydrogen) atoms. The van der Waals surface area contributed by atoms with Crippen LogP contribution in [0.25, 0.3) is 6.08 Å². The average molecular weight is 318 g/mol. The average Bonchev–Trinajstić information content (AvgIpc) is 3.15. The summed E-state index contributed by atoms with van der Waals surface area (Å²) < 4.78 is 0. The van der Waals surface area contributed by atoms with E-state index in [1.807, 2.05) is 42.5 Å². The molecule has 0 spiro atoms. The van der Waals surface area contributed by atoms with E-state index in [1.165, 1.54) is 4.90 Å². The lowest BCUT2D eigenvalue weighted by Crippen LogP contribution is -2.32. The van der Waals surface area contributed by atoms with E-state index in [2.05, 4.69) is 5.16 Å². The summed E-state index contributed by atoms with van der Waals surface area (Å²) in [5.41, 5.74) is 2.01. The lowest BCUT2D eigenvalue weighted by Gasteiger charge is -2.14. The quantitative estimate of drug-likeness (QED) is 0.818. The minimum Gasteiger partial charge on any atom is -0.381 e. The minimum absolute atomic E-state index is 0.301. The van der Waals surface area contributed by atoms with Crippen LogP contribution in [-0.4, -0.2) is 23.6 Å². The molecule has 2 heterocycles. The fourth-order valence-electron chi connectivity index (χ4n) is 2.92. The second-order valence-corrected chi connectivity index (χ2v) is 5.61. The number of anilines is 1. The molecule has 1 fully saturated rings. The van der Waals surface area contributed by atoms with E-state index in [-0.39, 0.29) is 11.8 Å². The van der Waals surface area contributed by atoms with E-state index in [0.29, 0.717) is 11.4 Å². The number of allylic oxidation sites excluding steroid dienone is 1. The molecule has 2 aromatic rings. The molecule has 2 unspecified atom stereocenters. The molecular formula is C19H14N2O3. The molecule has 0 aromatic heterocycles. The van der Waals surface area contributed by atoms with Gasteiger partial charge in [0.15, 0.2) is 0 Å². The molecule has 0 saturated carbocycles. The van der Waals surface area contributed by atoms with Gasteiger partial charge in [-0.1, -0.05) is 59.8 Å². The van der Waals surface area contributed by atoms with Gasteiger partial charge < -0.3 is 4.84 Å². The lowest BCUT2D eigenvalue weighted by atomic mass is 9.99. The maximum absolute atomic E-state index is 12.7. The Kier molecular flexibility index (Phi) is 3.46. The zero-order valence-corrected chi connectivity index (χ0v) is 12.7. The highest BCUT2D eigenvalue weighted by Gasteiger charge is 2.55. The Morgan fingerprint density at radius 1 is 0.875 bits per heavy atom. The van der Waals surface area contributed by atoms with Crippen molar-refractivity contribution in [2.45, 2.75) is 6.10 Å². The van der Waals surface area contributed by atoms with Crippen molar-refractivity contribution in [3.05, 3.63) is 72.3 Å². The number of carbonyl (C=O) groups excluding carboxylic acids is 2. The third kappa shape index (κ3) is 2.31. The van der Waals surface area contributed by atoms with Crippen LogP contribution >= 0.6 is 0 Å². The summed E-state index contributed by atoms with van der Waals surface area (Å²) in [6.45, 7) is 0. The Hall–Kier alpha value is -3.21. The summed E-state index contributed by atoms with van der Waals surface area (Å²) in [5.74, 6) is -1.36. The topological polar surface area (TPSA) is 59.0 Å². The fraction of sp³-hybridized carbons (Fsp3) is 0.105. The van der Waals surface area contributed by atoms with Gasteiger partial charge in [-0.25, -0.2) is 4.90 Å². The first kappa shape index (κ1) is 14.4. The largest absolute Gasteiger partial charge is 0.381 e. The number of fused-ring (bicyclic) bond motifs is 1. The van der Waals surface area contributed by atoms with Crippen molar-refractivity contribution in [2.24, 2.45) is 11.1 Å². The van der Waals surface area contributed by atoms with Gasteiger partial charge in [0.2, 0.25) is 12.0 Å². The number of hydrogen-bond acceptors (Lipinski definition) is 4. The van der Waals surface area contributed by atoms with E-state index in [0.717, 1.165) is 5.56 Å². The second kappa shape index (κ2) is 5.77. The van der Waals surface area contributed by atoms with E-state index in [9.17, 15) is 9.59 Å². The van der Waals surface area contributed by atoms with Crippen LogP contribution in [0.3, 0.4) is 0 Å². The van der Waals surface area contributed by atoms with Gasteiger partial charge in [-0.3, -0.25) is 9.59 Å². The van der Waals surface area contributed by atoms with Crippen molar-refractivity contribution < 1.29 is 14.4 Å². The molecule has 5 nitrogen and oxygen atoms in total. The monoisotopic (exact) mass is 318 g/mol. The van der Waals surface area contributed by atoms with Crippen LogP contribution in [-0.2, 0) is 14.4 Å². The maximum atomic E-state index is 12.7. The summed E-state index contributed by atoms with van der Waals surface area (Å²) in [5, 5.41) is 3.93. The fourth-order valence-corrected chi connectivity index (χ4v) is 2.92. The molecule has 0 radical (unpaired) electrons. The zero-order valence-electron chi connectivity index (χ0n) is 12.7. The van der Waals surface area contributed by atoms with Crippen LogP contribution in [0.5, 0.6) is 0 Å². The molecule has 2 aliphatic rings. The normalized spacial score (nSPS) is 22.7. The third-order valence-corrected chi connectivity index (χ3v) is 4.10. The molecule has 0 aliphatic carbocycles. The van der Waals surface area contributed by atoms with Gasteiger partial charge in [-0.15, -0.1) is 0 Å². The van der Waals surface area contributed by atoms with Crippen LogP contribution in [0.2, 0.25) is 0 Å². The van der Waals surface area contributed by atoms with E-state index < -0.39 is 12.0 Å². The lowest BCUT2D eigenvalue weighted by molar-refractivity contribution is -0.126. The van der Waals surface area contributed by atoms with E-state index in [1.54, 1.807) is 30.3 Å². The highest BCUT2D eigenvalue weighted by molar-refractivity contribution is 6.31. The van der Waals surface area contributed by atoms with E-state index in [4.69, 9.17) is 4.84 Å². The molecule has 2 aliphatic heterocycles. The Labute approximate surface area is 138 Å². The van der Waals surface area contributed by atoms with Crippen LogP contribution in [0.1, 0.15) is 5.56 Å². The summed E-state index contributed by atoms with van der Waals surface area (Å²) in [4.78, 5) is 31.6. The first-order valence-electron chi connectivity index (χ1n) is 7.65. The molecule has 118 valence electrons. The Balaban J connectivity index is 1.61. The number of rotatable bonds is 3.